The third kappa shape index (κ3) is 2.87. The first kappa shape index (κ1) is 16.0. The van der Waals surface area contributed by atoms with Gasteiger partial charge in [0.15, 0.2) is 0 Å². The van der Waals surface area contributed by atoms with Gasteiger partial charge >= 0.3 is 0 Å². The zero-order chi connectivity index (χ0) is 17.4. The van der Waals surface area contributed by atoms with Crippen molar-refractivity contribution in [2.75, 3.05) is 26.2 Å². The van der Waals surface area contributed by atoms with E-state index in [1.807, 2.05) is 0 Å². The van der Waals surface area contributed by atoms with Crippen LogP contribution in [0.5, 0.6) is 0 Å². The molecule has 1 aliphatic carbocycles. The van der Waals surface area contributed by atoms with Gasteiger partial charge in [0, 0.05) is 31.0 Å². The minimum atomic E-state index is -0.356. The van der Waals surface area contributed by atoms with Crippen LogP contribution in [0.3, 0.4) is 0 Å². The summed E-state index contributed by atoms with van der Waals surface area (Å²) in [6.45, 7) is 3.51. The molecule has 0 spiro atoms. The number of nitrogens with one attached hydrogen (secondary N) is 1. The van der Waals surface area contributed by atoms with E-state index in [0.29, 0.717) is 11.4 Å². The molecule has 4 rings (SSSR count). The lowest BCUT2D eigenvalue weighted by Gasteiger charge is -2.14. The number of rotatable bonds is 4. The quantitative estimate of drug-likeness (QED) is 0.754. The molecule has 0 saturated carbocycles. The molecule has 0 atom stereocenters. The van der Waals surface area contributed by atoms with Crippen LogP contribution in [0.15, 0.2) is 18.5 Å². The summed E-state index contributed by atoms with van der Waals surface area (Å²) >= 11 is 1.04. The third-order valence-corrected chi connectivity index (χ3v) is 5.58. The number of aromatic nitrogens is 2. The Labute approximate surface area is 148 Å². The monoisotopic (exact) mass is 356 g/mol. The first-order valence-corrected chi connectivity index (χ1v) is 9.01. The van der Waals surface area contributed by atoms with Gasteiger partial charge in [0.05, 0.1) is 9.75 Å². The molecule has 2 aliphatic rings. The molecular weight excluding hydrogens is 340 g/mol. The molecule has 2 aromatic rings. The number of likely N-dealkylation sites (tertiary alicyclic amines) is 1. The van der Waals surface area contributed by atoms with Crippen LogP contribution in [-0.4, -0.2) is 58.5 Å². The number of carbonyl (C=O) groups is 3. The second kappa shape index (κ2) is 6.45. The van der Waals surface area contributed by atoms with Crippen LogP contribution in [0.1, 0.15) is 53.9 Å². The molecule has 25 heavy (non-hydrogen) atoms. The maximum Gasteiger partial charge on any atom is 0.261 e. The summed E-state index contributed by atoms with van der Waals surface area (Å²) in [6, 6.07) is 1.49. The smallest absolute Gasteiger partial charge is 0.261 e. The summed E-state index contributed by atoms with van der Waals surface area (Å²) < 4.78 is 0. The van der Waals surface area contributed by atoms with E-state index in [0.717, 1.165) is 31.0 Å². The number of thiophene rings is 1. The minimum absolute atomic E-state index is 0.0544. The van der Waals surface area contributed by atoms with Gasteiger partial charge in [-0.1, -0.05) is 0 Å². The molecule has 2 aromatic heterocycles. The van der Waals surface area contributed by atoms with Gasteiger partial charge in [0.2, 0.25) is 11.6 Å². The number of amides is 1. The summed E-state index contributed by atoms with van der Waals surface area (Å²) in [7, 11) is 0. The highest BCUT2D eigenvalue weighted by atomic mass is 32.1. The standard InChI is InChI=1S/C17H16N4O3S/c22-14-10-9-11(17(24)20-5-8-21-6-1-2-7-21)25-16(10)15(23)13-12(14)18-3-4-19-13/h3-4,9H,1-2,5-8H2,(H,20,24). The Kier molecular flexibility index (Phi) is 4.14. The van der Waals surface area contributed by atoms with Crippen LogP contribution < -0.4 is 5.32 Å². The Morgan fingerprint density at radius 1 is 1.12 bits per heavy atom. The number of hydrogen-bond acceptors (Lipinski definition) is 7. The fourth-order valence-electron chi connectivity index (χ4n) is 3.17. The zero-order valence-corrected chi connectivity index (χ0v) is 14.3. The predicted molar refractivity (Wildman–Crippen MR) is 91.2 cm³/mol. The normalized spacial score (nSPS) is 16.6. The van der Waals surface area contributed by atoms with Crippen LogP contribution in [-0.2, 0) is 0 Å². The van der Waals surface area contributed by atoms with E-state index < -0.39 is 0 Å². The maximum atomic E-state index is 12.5. The molecule has 0 bridgehead atoms. The molecule has 1 saturated heterocycles. The lowest BCUT2D eigenvalue weighted by molar-refractivity contribution is 0.0953. The van der Waals surface area contributed by atoms with Crippen LogP contribution in [0.25, 0.3) is 0 Å². The summed E-state index contributed by atoms with van der Waals surface area (Å²) in [6.07, 6.45) is 5.18. The van der Waals surface area contributed by atoms with Crippen molar-refractivity contribution < 1.29 is 14.4 Å². The van der Waals surface area contributed by atoms with Crippen molar-refractivity contribution in [1.82, 2.24) is 20.2 Å². The average molecular weight is 356 g/mol. The maximum absolute atomic E-state index is 12.5. The number of fused-ring (bicyclic) bond motifs is 2. The van der Waals surface area contributed by atoms with E-state index in [9.17, 15) is 14.4 Å². The molecule has 8 heteroatoms. The molecule has 3 heterocycles. The summed E-state index contributed by atoms with van der Waals surface area (Å²) in [5.74, 6) is -0.965. The highest BCUT2D eigenvalue weighted by molar-refractivity contribution is 7.16. The first-order chi connectivity index (χ1) is 12.1. The summed E-state index contributed by atoms with van der Waals surface area (Å²) in [5, 5.41) is 2.86. The number of carbonyl (C=O) groups excluding carboxylic acids is 3. The Morgan fingerprint density at radius 3 is 2.52 bits per heavy atom. The van der Waals surface area contributed by atoms with Crippen molar-refractivity contribution in [3.8, 4) is 0 Å². The van der Waals surface area contributed by atoms with Gasteiger partial charge in [-0.3, -0.25) is 14.4 Å². The molecular formula is C17H16N4O3S. The van der Waals surface area contributed by atoms with Crippen molar-refractivity contribution in [1.29, 1.82) is 0 Å². The molecule has 1 fully saturated rings. The molecule has 1 aliphatic heterocycles. The van der Waals surface area contributed by atoms with Gasteiger partial charge in [-0.15, -0.1) is 11.3 Å². The largest absolute Gasteiger partial charge is 0.350 e. The minimum Gasteiger partial charge on any atom is -0.350 e. The van der Waals surface area contributed by atoms with Gasteiger partial charge in [-0.05, 0) is 32.0 Å². The molecule has 7 nitrogen and oxygen atoms in total. The van der Waals surface area contributed by atoms with Gasteiger partial charge < -0.3 is 10.2 Å². The molecule has 0 unspecified atom stereocenters. The first-order valence-electron chi connectivity index (χ1n) is 8.20. The van der Waals surface area contributed by atoms with Gasteiger partial charge in [0.25, 0.3) is 5.91 Å². The van der Waals surface area contributed by atoms with Gasteiger partial charge in [-0.2, -0.15) is 0 Å². The Balaban J connectivity index is 1.50. The van der Waals surface area contributed by atoms with Crippen molar-refractivity contribution in [2.24, 2.45) is 0 Å². The molecule has 0 aromatic carbocycles. The van der Waals surface area contributed by atoms with E-state index in [1.165, 1.54) is 31.3 Å². The van der Waals surface area contributed by atoms with E-state index in [1.54, 1.807) is 0 Å². The number of ketones is 2. The molecule has 1 amide bonds. The Morgan fingerprint density at radius 2 is 1.80 bits per heavy atom. The highest BCUT2D eigenvalue weighted by Gasteiger charge is 2.35. The Hall–Kier alpha value is -2.45. The van der Waals surface area contributed by atoms with Crippen LogP contribution in [0.4, 0.5) is 0 Å². The summed E-state index contributed by atoms with van der Waals surface area (Å²) in [4.78, 5) is 48.2. The third-order valence-electron chi connectivity index (χ3n) is 4.45. The average Bonchev–Trinajstić information content (AvgIpc) is 3.29. The van der Waals surface area contributed by atoms with E-state index >= 15 is 0 Å². The number of hydrogen-bond donors (Lipinski definition) is 1. The van der Waals surface area contributed by atoms with Gasteiger partial charge in [-0.25, -0.2) is 9.97 Å². The van der Waals surface area contributed by atoms with E-state index in [-0.39, 0.29) is 39.3 Å². The SMILES string of the molecule is O=C(NCCN1CCCC1)c1cc2c(s1)C(=O)c1nccnc1C2=O. The van der Waals surface area contributed by atoms with E-state index in [2.05, 4.69) is 20.2 Å². The zero-order valence-electron chi connectivity index (χ0n) is 13.4. The van der Waals surface area contributed by atoms with Crippen molar-refractivity contribution in [3.63, 3.8) is 0 Å². The van der Waals surface area contributed by atoms with Gasteiger partial charge in [0.1, 0.15) is 11.4 Å². The molecule has 0 radical (unpaired) electrons. The fraction of sp³-hybridized carbons (Fsp3) is 0.353. The van der Waals surface area contributed by atoms with Crippen LogP contribution in [0, 0.1) is 0 Å². The predicted octanol–water partition coefficient (Wildman–Crippen LogP) is 1.14. The Bertz CT molecular complexity index is 818. The van der Waals surface area contributed by atoms with Crippen molar-refractivity contribution in [3.05, 3.63) is 45.2 Å². The lowest BCUT2D eigenvalue weighted by Crippen LogP contribution is -2.33. The van der Waals surface area contributed by atoms with Crippen LogP contribution in [0.2, 0.25) is 0 Å². The molecule has 1 N–H and O–H groups in total. The highest BCUT2D eigenvalue weighted by Crippen LogP contribution is 2.31. The second-order valence-electron chi connectivity index (χ2n) is 6.07. The topological polar surface area (TPSA) is 92.3 Å². The van der Waals surface area contributed by atoms with Crippen LogP contribution >= 0.6 is 11.3 Å². The number of nitrogens with zero attached hydrogens (tertiary/aromatic N) is 3. The molecule has 128 valence electrons. The van der Waals surface area contributed by atoms with Crippen molar-refractivity contribution in [2.45, 2.75) is 12.8 Å². The van der Waals surface area contributed by atoms with E-state index in [4.69, 9.17) is 0 Å². The van der Waals surface area contributed by atoms with Crippen molar-refractivity contribution >= 4 is 28.8 Å². The fourth-order valence-corrected chi connectivity index (χ4v) is 4.18. The second-order valence-corrected chi connectivity index (χ2v) is 7.12. The lowest BCUT2D eigenvalue weighted by atomic mass is 9.96. The summed E-state index contributed by atoms with van der Waals surface area (Å²) in [5.41, 5.74) is 0.356.